The SMILES string of the molecule is CC(C)[N+](C)(C)C.CC(C)[N+](C)(C)C.O=C([O-])CC(=O)[O-]. The van der Waals surface area contributed by atoms with Crippen molar-refractivity contribution >= 4 is 11.9 Å². The second-order valence-electron chi connectivity index (χ2n) is 7.34. The Bertz CT molecular complexity index is 270. The van der Waals surface area contributed by atoms with Gasteiger partial charge < -0.3 is 28.8 Å². The highest BCUT2D eigenvalue weighted by molar-refractivity contribution is 5.86. The van der Waals surface area contributed by atoms with Gasteiger partial charge in [0.1, 0.15) is 0 Å². The number of carboxylic acid groups (broad SMARTS) is 2. The van der Waals surface area contributed by atoms with Crippen LogP contribution >= 0.6 is 0 Å². The highest BCUT2D eigenvalue weighted by Gasteiger charge is 2.10. The second kappa shape index (κ2) is 10.6. The van der Waals surface area contributed by atoms with Gasteiger partial charge in [0.05, 0.1) is 54.4 Å². The predicted molar refractivity (Wildman–Crippen MR) is 81.0 cm³/mol. The Labute approximate surface area is 130 Å². The lowest BCUT2D eigenvalue weighted by atomic mass is 10.3. The molecule has 0 N–H and O–H groups in total. The minimum absolute atomic E-state index is 0.736. The summed E-state index contributed by atoms with van der Waals surface area (Å²) in [5.41, 5.74) is 0. The van der Waals surface area contributed by atoms with Crippen LogP contribution < -0.4 is 10.2 Å². The molecule has 0 atom stereocenters. The van der Waals surface area contributed by atoms with Crippen molar-refractivity contribution in [3.05, 3.63) is 0 Å². The second-order valence-corrected chi connectivity index (χ2v) is 7.34. The molecule has 0 bridgehead atoms. The van der Waals surface area contributed by atoms with Crippen molar-refractivity contribution in [2.45, 2.75) is 46.2 Å². The number of quaternary nitrogens is 2. The Kier molecular flexibility index (Phi) is 12.5. The molecule has 0 aromatic carbocycles. The van der Waals surface area contributed by atoms with Gasteiger partial charge in [-0.1, -0.05) is 0 Å². The molecular formula is C15H34N2O4. The van der Waals surface area contributed by atoms with Gasteiger partial charge in [-0.25, -0.2) is 0 Å². The first kappa shape index (κ1) is 24.9. The maximum Gasteiger partial charge on any atom is 0.0827 e. The molecule has 0 aliphatic heterocycles. The molecule has 0 aromatic rings. The first-order valence-electron chi connectivity index (χ1n) is 7.03. The number of hydrogen-bond donors (Lipinski definition) is 0. The fourth-order valence-electron chi connectivity index (χ4n) is 0.118. The number of carbonyl (C=O) groups is 2. The van der Waals surface area contributed by atoms with Gasteiger partial charge in [0, 0.05) is 18.4 Å². The van der Waals surface area contributed by atoms with Crippen molar-refractivity contribution in [2.24, 2.45) is 0 Å². The summed E-state index contributed by atoms with van der Waals surface area (Å²) < 4.78 is 2.11. The van der Waals surface area contributed by atoms with Crippen LogP contribution in [0.15, 0.2) is 0 Å². The van der Waals surface area contributed by atoms with E-state index in [4.69, 9.17) is 0 Å². The Morgan fingerprint density at radius 3 is 0.857 bits per heavy atom. The van der Waals surface area contributed by atoms with E-state index in [1.807, 2.05) is 0 Å². The van der Waals surface area contributed by atoms with Crippen molar-refractivity contribution in [3.8, 4) is 0 Å². The maximum atomic E-state index is 9.28. The zero-order chi connectivity index (χ0) is 18.0. The normalized spacial score (nSPS) is 11.2. The number of rotatable bonds is 4. The average Bonchev–Trinajstić information content (AvgIpc) is 2.13. The van der Waals surface area contributed by atoms with Crippen LogP contribution in [0.4, 0.5) is 0 Å². The van der Waals surface area contributed by atoms with Crippen molar-refractivity contribution in [1.29, 1.82) is 0 Å². The summed E-state index contributed by atoms with van der Waals surface area (Å²) in [5.74, 6) is -3.25. The molecule has 0 amide bonds. The molecule has 0 rings (SSSR count). The lowest BCUT2D eigenvalue weighted by molar-refractivity contribution is -0.891. The molecule has 0 unspecified atom stereocenters. The van der Waals surface area contributed by atoms with Crippen molar-refractivity contribution in [2.75, 3.05) is 42.3 Å². The lowest BCUT2D eigenvalue weighted by Gasteiger charge is -2.28. The van der Waals surface area contributed by atoms with Crippen LogP contribution in [-0.2, 0) is 9.59 Å². The average molecular weight is 306 g/mol. The van der Waals surface area contributed by atoms with E-state index in [0.717, 1.165) is 21.0 Å². The zero-order valence-corrected chi connectivity index (χ0v) is 15.4. The van der Waals surface area contributed by atoms with Crippen LogP contribution in [0, 0.1) is 0 Å². The van der Waals surface area contributed by atoms with Crippen LogP contribution in [0.1, 0.15) is 34.1 Å². The number of aliphatic carboxylic acids is 2. The third kappa shape index (κ3) is 24.3. The lowest BCUT2D eigenvalue weighted by Crippen LogP contribution is -2.41. The van der Waals surface area contributed by atoms with Gasteiger partial charge in [-0.15, -0.1) is 0 Å². The topological polar surface area (TPSA) is 80.3 Å². The molecule has 0 aliphatic rings. The molecule has 0 saturated carbocycles. The summed E-state index contributed by atoms with van der Waals surface area (Å²) in [6.45, 7) is 8.89. The molecule has 0 aromatic heterocycles. The summed E-state index contributed by atoms with van der Waals surface area (Å²) >= 11 is 0. The molecule has 0 aliphatic carbocycles. The molecule has 6 heteroatoms. The fourth-order valence-corrected chi connectivity index (χ4v) is 0.118. The van der Waals surface area contributed by atoms with Crippen LogP contribution in [0.2, 0.25) is 0 Å². The third-order valence-electron chi connectivity index (χ3n) is 3.39. The van der Waals surface area contributed by atoms with Crippen molar-refractivity contribution in [3.63, 3.8) is 0 Å². The number of carbonyl (C=O) groups excluding carboxylic acids is 2. The first-order chi connectivity index (χ1) is 9.01. The summed E-state index contributed by atoms with van der Waals surface area (Å²) in [7, 11) is 13.2. The van der Waals surface area contributed by atoms with E-state index in [0.29, 0.717) is 0 Å². The molecular weight excluding hydrogens is 272 g/mol. The monoisotopic (exact) mass is 306 g/mol. The highest BCUT2D eigenvalue weighted by Crippen LogP contribution is 1.98. The Morgan fingerprint density at radius 2 is 0.857 bits per heavy atom. The first-order valence-corrected chi connectivity index (χ1v) is 7.03. The summed E-state index contributed by atoms with van der Waals surface area (Å²) in [5, 5.41) is 18.6. The van der Waals surface area contributed by atoms with Crippen molar-refractivity contribution in [1.82, 2.24) is 0 Å². The van der Waals surface area contributed by atoms with E-state index in [1.165, 1.54) is 0 Å². The van der Waals surface area contributed by atoms with Crippen LogP contribution in [0.25, 0.3) is 0 Å². The van der Waals surface area contributed by atoms with E-state index in [1.54, 1.807) is 0 Å². The summed E-state index contributed by atoms with van der Waals surface area (Å²) in [4.78, 5) is 18.6. The third-order valence-corrected chi connectivity index (χ3v) is 3.39. The predicted octanol–water partition coefficient (Wildman–Crippen LogP) is -0.922. The number of nitrogens with zero attached hydrogens (tertiary/aromatic N) is 2. The van der Waals surface area contributed by atoms with Crippen LogP contribution in [0.5, 0.6) is 0 Å². The quantitative estimate of drug-likeness (QED) is 0.497. The van der Waals surface area contributed by atoms with Crippen LogP contribution in [0.3, 0.4) is 0 Å². The zero-order valence-electron chi connectivity index (χ0n) is 15.4. The Balaban J connectivity index is -0.000000231. The molecule has 21 heavy (non-hydrogen) atoms. The summed E-state index contributed by atoms with van der Waals surface area (Å²) in [6, 6.07) is 1.47. The fraction of sp³-hybridized carbons (Fsp3) is 0.867. The Morgan fingerprint density at radius 1 is 0.714 bits per heavy atom. The Hall–Kier alpha value is -1.14. The van der Waals surface area contributed by atoms with Gasteiger partial charge in [0.15, 0.2) is 0 Å². The van der Waals surface area contributed by atoms with Gasteiger partial charge in [-0.2, -0.15) is 0 Å². The van der Waals surface area contributed by atoms with Gasteiger partial charge in [-0.3, -0.25) is 0 Å². The molecule has 0 radical (unpaired) electrons. The van der Waals surface area contributed by atoms with E-state index >= 15 is 0 Å². The summed E-state index contributed by atoms with van der Waals surface area (Å²) in [6.07, 6.45) is -1.03. The van der Waals surface area contributed by atoms with Crippen molar-refractivity contribution < 1.29 is 28.8 Å². The maximum absolute atomic E-state index is 9.28. The van der Waals surface area contributed by atoms with Gasteiger partial charge in [0.2, 0.25) is 0 Å². The molecule has 0 saturated heterocycles. The van der Waals surface area contributed by atoms with Gasteiger partial charge >= 0.3 is 0 Å². The van der Waals surface area contributed by atoms with E-state index < -0.39 is 18.4 Å². The van der Waals surface area contributed by atoms with Gasteiger partial charge in [-0.05, 0) is 27.7 Å². The highest BCUT2D eigenvalue weighted by atomic mass is 16.4. The largest absolute Gasteiger partial charge is 0.550 e. The minimum atomic E-state index is -1.63. The van der Waals surface area contributed by atoms with E-state index in [-0.39, 0.29) is 0 Å². The molecule has 0 fully saturated rings. The van der Waals surface area contributed by atoms with E-state index in [2.05, 4.69) is 70.0 Å². The smallest absolute Gasteiger partial charge is 0.0827 e. The molecule has 128 valence electrons. The minimum Gasteiger partial charge on any atom is -0.550 e. The number of carboxylic acids is 2. The van der Waals surface area contributed by atoms with E-state index in [9.17, 15) is 19.8 Å². The molecule has 6 nitrogen and oxygen atoms in total. The molecule has 0 heterocycles. The number of hydrogen-bond acceptors (Lipinski definition) is 4. The molecule has 0 spiro atoms. The standard InChI is InChI=1S/2C6H16N.C3H4O4/c2*1-6(2)7(3,4)5;4-2(5)1-3(6)7/h2*6H,1-5H3;1H2,(H,4,5)(H,6,7)/q2*+1;/p-2. The van der Waals surface area contributed by atoms with Gasteiger partial charge in [0.25, 0.3) is 0 Å². The van der Waals surface area contributed by atoms with Crippen LogP contribution in [-0.4, -0.2) is 75.3 Å².